The van der Waals surface area contributed by atoms with E-state index in [9.17, 15) is 14.0 Å². The van der Waals surface area contributed by atoms with Crippen LogP contribution < -0.4 is 5.32 Å². The molecule has 27 heavy (non-hydrogen) atoms. The van der Waals surface area contributed by atoms with E-state index in [1.807, 2.05) is 37.3 Å². The molecule has 1 aliphatic heterocycles. The van der Waals surface area contributed by atoms with Gasteiger partial charge in [0.2, 0.25) is 0 Å². The summed E-state index contributed by atoms with van der Waals surface area (Å²) in [6.45, 7) is 2.48. The summed E-state index contributed by atoms with van der Waals surface area (Å²) in [7, 11) is 0. The standard InChI is InChI=1S/C21H23FN2O3/c1-16-13-21(15-25,23-19-9-5-8-18(22)12-19)10-11-24(16)20(26)27-14-17-6-3-2-4-7-17/h2-9,12,15-16,23H,10-11,13-14H2,1H3/t16-,21+/m0/s1. The summed E-state index contributed by atoms with van der Waals surface area (Å²) >= 11 is 0. The van der Waals surface area contributed by atoms with Gasteiger partial charge in [0.25, 0.3) is 0 Å². The number of rotatable bonds is 5. The minimum absolute atomic E-state index is 0.187. The Morgan fingerprint density at radius 2 is 2.07 bits per heavy atom. The predicted octanol–water partition coefficient (Wildman–Crippen LogP) is 4.00. The van der Waals surface area contributed by atoms with Crippen molar-refractivity contribution < 1.29 is 18.7 Å². The van der Waals surface area contributed by atoms with Crippen LogP contribution in [0.4, 0.5) is 14.9 Å². The van der Waals surface area contributed by atoms with E-state index in [1.54, 1.807) is 17.0 Å². The lowest BCUT2D eigenvalue weighted by Crippen LogP contribution is -2.55. The minimum atomic E-state index is -0.830. The summed E-state index contributed by atoms with van der Waals surface area (Å²) in [6, 6.07) is 15.3. The Hall–Kier alpha value is -2.89. The number of carbonyl (C=O) groups is 2. The van der Waals surface area contributed by atoms with Crippen LogP contribution in [0.5, 0.6) is 0 Å². The number of anilines is 1. The van der Waals surface area contributed by atoms with Gasteiger partial charge in [0.15, 0.2) is 0 Å². The molecule has 0 aliphatic carbocycles. The molecule has 6 heteroatoms. The van der Waals surface area contributed by atoms with Gasteiger partial charge in [0, 0.05) is 18.3 Å². The molecule has 0 spiro atoms. The van der Waals surface area contributed by atoms with Crippen molar-refractivity contribution in [2.24, 2.45) is 0 Å². The van der Waals surface area contributed by atoms with Crippen LogP contribution in [-0.2, 0) is 16.1 Å². The third kappa shape index (κ3) is 4.64. The van der Waals surface area contributed by atoms with Crippen molar-refractivity contribution in [1.29, 1.82) is 0 Å². The minimum Gasteiger partial charge on any atom is -0.445 e. The van der Waals surface area contributed by atoms with Gasteiger partial charge < -0.3 is 19.7 Å². The summed E-state index contributed by atoms with van der Waals surface area (Å²) < 4.78 is 18.8. The smallest absolute Gasteiger partial charge is 0.410 e. The van der Waals surface area contributed by atoms with E-state index < -0.39 is 11.6 Å². The first-order valence-corrected chi connectivity index (χ1v) is 8.99. The normalized spacial score (nSPS) is 22.1. The molecule has 0 bridgehead atoms. The van der Waals surface area contributed by atoms with Crippen LogP contribution >= 0.6 is 0 Å². The fourth-order valence-corrected chi connectivity index (χ4v) is 3.46. The molecule has 142 valence electrons. The van der Waals surface area contributed by atoms with Gasteiger partial charge in [-0.2, -0.15) is 0 Å². The van der Waals surface area contributed by atoms with Crippen LogP contribution in [0.2, 0.25) is 0 Å². The number of hydrogen-bond acceptors (Lipinski definition) is 4. The maximum absolute atomic E-state index is 13.4. The number of amides is 1. The fourth-order valence-electron chi connectivity index (χ4n) is 3.46. The molecule has 5 nitrogen and oxygen atoms in total. The second-order valence-corrected chi connectivity index (χ2v) is 6.95. The van der Waals surface area contributed by atoms with Crippen molar-refractivity contribution in [1.82, 2.24) is 4.90 Å². The van der Waals surface area contributed by atoms with Crippen molar-refractivity contribution >= 4 is 18.1 Å². The van der Waals surface area contributed by atoms with Gasteiger partial charge >= 0.3 is 6.09 Å². The Bertz CT molecular complexity index is 799. The summed E-state index contributed by atoms with van der Waals surface area (Å²) in [4.78, 5) is 25.9. The average Bonchev–Trinajstić information content (AvgIpc) is 2.67. The van der Waals surface area contributed by atoms with Gasteiger partial charge in [-0.05, 0) is 43.5 Å². The monoisotopic (exact) mass is 370 g/mol. The molecule has 0 aromatic heterocycles. The summed E-state index contributed by atoms with van der Waals surface area (Å²) in [6.07, 6.45) is 1.32. The highest BCUT2D eigenvalue weighted by Crippen LogP contribution is 2.30. The van der Waals surface area contributed by atoms with Gasteiger partial charge in [-0.25, -0.2) is 9.18 Å². The topological polar surface area (TPSA) is 58.6 Å². The van der Waals surface area contributed by atoms with Crippen LogP contribution in [0, 0.1) is 5.82 Å². The molecule has 1 aliphatic rings. The Morgan fingerprint density at radius 3 is 2.74 bits per heavy atom. The zero-order valence-electron chi connectivity index (χ0n) is 15.2. The van der Waals surface area contributed by atoms with Crippen LogP contribution in [0.15, 0.2) is 54.6 Å². The van der Waals surface area contributed by atoms with Gasteiger partial charge in [-0.3, -0.25) is 0 Å². The molecular weight excluding hydrogens is 347 g/mol. The summed E-state index contributed by atoms with van der Waals surface area (Å²) in [5.41, 5.74) is 0.642. The second kappa shape index (κ2) is 8.20. The number of piperidine rings is 1. The van der Waals surface area contributed by atoms with E-state index in [0.717, 1.165) is 11.8 Å². The van der Waals surface area contributed by atoms with E-state index in [0.29, 0.717) is 25.1 Å². The zero-order valence-corrected chi connectivity index (χ0v) is 15.2. The number of hydrogen-bond donors (Lipinski definition) is 1. The fraction of sp³-hybridized carbons (Fsp3) is 0.333. The molecule has 2 aromatic rings. The van der Waals surface area contributed by atoms with Crippen molar-refractivity contribution in [3.63, 3.8) is 0 Å². The second-order valence-electron chi connectivity index (χ2n) is 6.95. The van der Waals surface area contributed by atoms with Crippen LogP contribution in [-0.4, -0.2) is 35.4 Å². The molecule has 1 saturated heterocycles. The lowest BCUT2D eigenvalue weighted by Gasteiger charge is -2.43. The molecule has 2 atom stereocenters. The zero-order chi connectivity index (χ0) is 19.3. The number of benzene rings is 2. The third-order valence-electron chi connectivity index (χ3n) is 4.87. The third-order valence-corrected chi connectivity index (χ3v) is 4.87. The highest BCUT2D eigenvalue weighted by atomic mass is 19.1. The maximum Gasteiger partial charge on any atom is 0.410 e. The maximum atomic E-state index is 13.4. The molecular formula is C21H23FN2O3. The van der Waals surface area contributed by atoms with Gasteiger partial charge in [-0.1, -0.05) is 36.4 Å². The number of aldehydes is 1. The van der Waals surface area contributed by atoms with E-state index >= 15 is 0 Å². The van der Waals surface area contributed by atoms with Gasteiger partial charge in [0.05, 0.1) is 5.54 Å². The first-order valence-electron chi connectivity index (χ1n) is 8.99. The number of halogens is 1. The Balaban J connectivity index is 1.61. The molecule has 1 amide bonds. The number of ether oxygens (including phenoxy) is 1. The number of likely N-dealkylation sites (tertiary alicyclic amines) is 1. The van der Waals surface area contributed by atoms with E-state index in [4.69, 9.17) is 4.74 Å². The molecule has 0 saturated carbocycles. The van der Waals surface area contributed by atoms with Gasteiger partial charge in [-0.15, -0.1) is 0 Å². The molecule has 2 aromatic carbocycles. The molecule has 3 rings (SSSR count). The molecule has 1 N–H and O–H groups in total. The first kappa shape index (κ1) is 18.9. The summed E-state index contributed by atoms with van der Waals surface area (Å²) in [5.74, 6) is -0.365. The Morgan fingerprint density at radius 1 is 1.30 bits per heavy atom. The van der Waals surface area contributed by atoms with Crippen molar-refractivity contribution in [3.8, 4) is 0 Å². The SMILES string of the molecule is C[C@H]1C[C@](C=O)(Nc2cccc(F)c2)CCN1C(=O)OCc1ccccc1. The predicted molar refractivity (Wildman–Crippen MR) is 101 cm³/mol. The molecule has 1 fully saturated rings. The van der Waals surface area contributed by atoms with Crippen LogP contribution in [0.1, 0.15) is 25.3 Å². The number of nitrogens with zero attached hydrogens (tertiary/aromatic N) is 1. The Labute approximate surface area is 158 Å². The Kier molecular flexibility index (Phi) is 5.74. The molecule has 1 heterocycles. The number of nitrogens with one attached hydrogen (secondary N) is 1. The largest absolute Gasteiger partial charge is 0.445 e. The average molecular weight is 370 g/mol. The molecule has 0 radical (unpaired) electrons. The van der Waals surface area contributed by atoms with Gasteiger partial charge in [0.1, 0.15) is 18.7 Å². The van der Waals surface area contributed by atoms with E-state index in [1.165, 1.54) is 12.1 Å². The van der Waals surface area contributed by atoms with E-state index in [2.05, 4.69) is 5.32 Å². The van der Waals surface area contributed by atoms with Crippen molar-refractivity contribution in [3.05, 3.63) is 66.0 Å². The van der Waals surface area contributed by atoms with Crippen molar-refractivity contribution in [2.75, 3.05) is 11.9 Å². The first-order chi connectivity index (χ1) is 13.0. The quantitative estimate of drug-likeness (QED) is 0.809. The highest BCUT2D eigenvalue weighted by molar-refractivity contribution is 5.73. The molecule has 0 unspecified atom stereocenters. The lowest BCUT2D eigenvalue weighted by atomic mass is 9.84. The summed E-state index contributed by atoms with van der Waals surface area (Å²) in [5, 5.41) is 3.15. The number of carbonyl (C=O) groups excluding carboxylic acids is 2. The lowest BCUT2D eigenvalue weighted by molar-refractivity contribution is -0.113. The van der Waals surface area contributed by atoms with Crippen LogP contribution in [0.25, 0.3) is 0 Å². The van der Waals surface area contributed by atoms with E-state index in [-0.39, 0.29) is 18.5 Å². The highest BCUT2D eigenvalue weighted by Gasteiger charge is 2.40. The van der Waals surface area contributed by atoms with Crippen LogP contribution in [0.3, 0.4) is 0 Å². The van der Waals surface area contributed by atoms with Crippen molar-refractivity contribution in [2.45, 2.75) is 38.0 Å².